The van der Waals surface area contributed by atoms with Crippen LogP contribution in [0.2, 0.25) is 0 Å². The lowest BCUT2D eigenvalue weighted by Crippen LogP contribution is -2.28. The van der Waals surface area contributed by atoms with Gasteiger partial charge in [0.05, 0.1) is 0 Å². The van der Waals surface area contributed by atoms with Crippen LogP contribution in [-0.4, -0.2) is 13.6 Å². The Kier molecular flexibility index (Phi) is 4.09. The summed E-state index contributed by atoms with van der Waals surface area (Å²) in [5, 5.41) is 0. The van der Waals surface area contributed by atoms with Gasteiger partial charge in [0.2, 0.25) is 0 Å². The first-order valence-corrected chi connectivity index (χ1v) is 8.55. The van der Waals surface area contributed by atoms with Gasteiger partial charge in [-0.1, -0.05) is 28.4 Å². The summed E-state index contributed by atoms with van der Waals surface area (Å²) in [5.41, 5.74) is 2.46. The number of halogens is 2. The van der Waals surface area contributed by atoms with Crippen LogP contribution in [0.15, 0.2) is 22.7 Å². The average Bonchev–Trinajstić information content (AvgIpc) is 3.00. The molecule has 0 N–H and O–H groups in total. The zero-order chi connectivity index (χ0) is 13.4. The van der Waals surface area contributed by atoms with E-state index in [1.54, 1.807) is 0 Å². The maximum absolute atomic E-state index is 5.90. The molecule has 104 valence electrons. The van der Waals surface area contributed by atoms with Gasteiger partial charge in [-0.15, -0.1) is 11.6 Å². The van der Waals surface area contributed by atoms with Crippen LogP contribution in [0.25, 0.3) is 0 Å². The first-order valence-electron chi connectivity index (χ1n) is 7.23. The van der Waals surface area contributed by atoms with Crippen molar-refractivity contribution in [1.82, 2.24) is 0 Å². The second-order valence-electron chi connectivity index (χ2n) is 6.22. The van der Waals surface area contributed by atoms with Crippen LogP contribution in [-0.2, 0) is 5.88 Å². The fourth-order valence-corrected chi connectivity index (χ4v) is 4.84. The number of rotatable bonds is 4. The van der Waals surface area contributed by atoms with Crippen LogP contribution in [0, 0.1) is 17.8 Å². The summed E-state index contributed by atoms with van der Waals surface area (Å²) in [5.74, 6) is 3.51. The highest BCUT2D eigenvalue weighted by molar-refractivity contribution is 9.10. The molecule has 0 spiro atoms. The Labute approximate surface area is 129 Å². The molecule has 0 heterocycles. The van der Waals surface area contributed by atoms with E-state index in [9.17, 15) is 0 Å². The summed E-state index contributed by atoms with van der Waals surface area (Å²) in [4.78, 5) is 2.41. The normalized spacial score (nSPS) is 28.9. The summed E-state index contributed by atoms with van der Waals surface area (Å²) < 4.78 is 1.12. The third kappa shape index (κ3) is 2.80. The number of benzene rings is 1. The second-order valence-corrected chi connectivity index (χ2v) is 7.35. The topological polar surface area (TPSA) is 3.24 Å². The largest absolute Gasteiger partial charge is 0.374 e. The minimum absolute atomic E-state index is 0.566. The Morgan fingerprint density at radius 2 is 2.16 bits per heavy atom. The van der Waals surface area contributed by atoms with Crippen molar-refractivity contribution < 1.29 is 0 Å². The molecule has 0 radical (unpaired) electrons. The van der Waals surface area contributed by atoms with Crippen molar-refractivity contribution in [2.24, 2.45) is 17.8 Å². The number of fused-ring (bicyclic) bond motifs is 2. The highest BCUT2D eigenvalue weighted by atomic mass is 79.9. The molecular weight excluding hydrogens is 322 g/mol. The molecule has 2 saturated carbocycles. The zero-order valence-electron chi connectivity index (χ0n) is 11.4. The quantitative estimate of drug-likeness (QED) is 0.691. The van der Waals surface area contributed by atoms with E-state index in [2.05, 4.69) is 46.1 Å². The van der Waals surface area contributed by atoms with Gasteiger partial charge in [0.15, 0.2) is 0 Å². The molecule has 2 aliphatic rings. The van der Waals surface area contributed by atoms with Crippen LogP contribution in [0.1, 0.15) is 31.2 Å². The minimum Gasteiger partial charge on any atom is -0.374 e. The molecule has 0 aliphatic heterocycles. The fourth-order valence-electron chi connectivity index (χ4n) is 3.94. The van der Waals surface area contributed by atoms with Crippen molar-refractivity contribution in [3.05, 3.63) is 28.2 Å². The molecule has 3 unspecified atom stereocenters. The molecule has 3 rings (SSSR count). The Bertz CT molecular complexity index is 462. The predicted molar refractivity (Wildman–Crippen MR) is 85.9 cm³/mol. The first-order chi connectivity index (χ1) is 9.17. The number of hydrogen-bond acceptors (Lipinski definition) is 1. The van der Waals surface area contributed by atoms with Crippen molar-refractivity contribution in [2.45, 2.75) is 31.6 Å². The SMILES string of the molecule is CN(CC1CC2CCC1C2)c1ccc(CCl)c(Br)c1. The molecule has 0 aromatic heterocycles. The molecule has 19 heavy (non-hydrogen) atoms. The van der Waals surface area contributed by atoms with Gasteiger partial charge < -0.3 is 4.90 Å². The van der Waals surface area contributed by atoms with Gasteiger partial charge in [0.1, 0.15) is 0 Å². The molecule has 2 fully saturated rings. The van der Waals surface area contributed by atoms with Gasteiger partial charge in [0, 0.05) is 29.6 Å². The maximum Gasteiger partial charge on any atom is 0.0485 e. The van der Waals surface area contributed by atoms with E-state index in [4.69, 9.17) is 11.6 Å². The smallest absolute Gasteiger partial charge is 0.0485 e. The van der Waals surface area contributed by atoms with Crippen LogP contribution in [0.4, 0.5) is 5.69 Å². The van der Waals surface area contributed by atoms with Crippen LogP contribution in [0.3, 0.4) is 0 Å². The molecule has 1 nitrogen and oxygen atoms in total. The van der Waals surface area contributed by atoms with E-state index >= 15 is 0 Å². The van der Waals surface area contributed by atoms with Crippen molar-refractivity contribution in [1.29, 1.82) is 0 Å². The van der Waals surface area contributed by atoms with Gasteiger partial charge in [-0.25, -0.2) is 0 Å². The summed E-state index contributed by atoms with van der Waals surface area (Å²) in [6, 6.07) is 6.52. The number of alkyl halides is 1. The molecule has 2 aliphatic carbocycles. The van der Waals surface area contributed by atoms with Crippen LogP contribution < -0.4 is 4.90 Å². The summed E-state index contributed by atoms with van der Waals surface area (Å²) >= 11 is 9.51. The summed E-state index contributed by atoms with van der Waals surface area (Å²) in [6.45, 7) is 1.20. The predicted octanol–water partition coefficient (Wildman–Crippen LogP) is 5.06. The van der Waals surface area contributed by atoms with Crippen LogP contribution in [0.5, 0.6) is 0 Å². The molecule has 3 atom stereocenters. The van der Waals surface area contributed by atoms with Crippen molar-refractivity contribution in [2.75, 3.05) is 18.5 Å². The summed E-state index contributed by atoms with van der Waals surface area (Å²) in [7, 11) is 2.22. The lowest BCUT2D eigenvalue weighted by molar-refractivity contribution is 0.337. The lowest BCUT2D eigenvalue weighted by atomic mass is 9.88. The van der Waals surface area contributed by atoms with E-state index in [-0.39, 0.29) is 0 Å². The van der Waals surface area contributed by atoms with Gasteiger partial charge in [-0.05, 0) is 54.7 Å². The third-order valence-corrected chi connectivity index (χ3v) is 6.04. The molecule has 1 aromatic carbocycles. The Balaban J connectivity index is 1.67. The monoisotopic (exact) mass is 341 g/mol. The maximum atomic E-state index is 5.90. The van der Waals surface area contributed by atoms with Crippen molar-refractivity contribution in [3.63, 3.8) is 0 Å². The average molecular weight is 343 g/mol. The number of anilines is 1. The van der Waals surface area contributed by atoms with Crippen molar-refractivity contribution in [3.8, 4) is 0 Å². The second kappa shape index (κ2) is 5.65. The Morgan fingerprint density at radius 1 is 1.32 bits per heavy atom. The minimum atomic E-state index is 0.566. The van der Waals surface area contributed by atoms with Gasteiger partial charge >= 0.3 is 0 Å². The molecule has 0 amide bonds. The fraction of sp³-hybridized carbons (Fsp3) is 0.625. The zero-order valence-corrected chi connectivity index (χ0v) is 13.8. The third-order valence-electron chi connectivity index (χ3n) is 5.01. The molecule has 0 saturated heterocycles. The molecule has 2 bridgehead atoms. The van der Waals surface area contributed by atoms with Gasteiger partial charge in [0.25, 0.3) is 0 Å². The van der Waals surface area contributed by atoms with Gasteiger partial charge in [-0.3, -0.25) is 0 Å². The van der Waals surface area contributed by atoms with Crippen molar-refractivity contribution >= 4 is 33.2 Å². The van der Waals surface area contributed by atoms with E-state index in [0.717, 1.165) is 22.2 Å². The summed E-state index contributed by atoms with van der Waals surface area (Å²) in [6.07, 6.45) is 5.90. The van der Waals surface area contributed by atoms with Crippen LogP contribution >= 0.6 is 27.5 Å². The number of hydrogen-bond donors (Lipinski definition) is 0. The van der Waals surface area contributed by atoms with E-state index < -0.39 is 0 Å². The van der Waals surface area contributed by atoms with E-state index in [1.807, 2.05) is 0 Å². The molecular formula is C16H21BrClN. The highest BCUT2D eigenvalue weighted by Gasteiger charge is 2.39. The first kappa shape index (κ1) is 13.8. The lowest BCUT2D eigenvalue weighted by Gasteiger charge is -2.28. The standard InChI is InChI=1S/C16H21BrClN/c1-19(10-14-7-11-2-3-12(14)6-11)15-5-4-13(9-18)16(17)8-15/h4-5,8,11-12,14H,2-3,6-7,9-10H2,1H3. The molecule has 3 heteroatoms. The number of nitrogens with zero attached hydrogens (tertiary/aromatic N) is 1. The Morgan fingerprint density at radius 3 is 2.74 bits per heavy atom. The molecule has 1 aromatic rings. The van der Waals surface area contributed by atoms with E-state index in [0.29, 0.717) is 5.88 Å². The highest BCUT2D eigenvalue weighted by Crippen LogP contribution is 2.48. The van der Waals surface area contributed by atoms with E-state index in [1.165, 1.54) is 43.5 Å². The Hall–Kier alpha value is -0.210. The van der Waals surface area contributed by atoms with Gasteiger partial charge in [-0.2, -0.15) is 0 Å².